The van der Waals surface area contributed by atoms with E-state index in [1.165, 1.54) is 6.20 Å². The van der Waals surface area contributed by atoms with Gasteiger partial charge in [-0.2, -0.15) is 13.2 Å². The molecule has 0 saturated heterocycles. The van der Waals surface area contributed by atoms with Crippen LogP contribution in [0.4, 0.5) is 24.8 Å². The zero-order chi connectivity index (χ0) is 19.7. The van der Waals surface area contributed by atoms with E-state index in [2.05, 4.69) is 20.3 Å². The predicted molar refractivity (Wildman–Crippen MR) is 97.0 cm³/mol. The molecule has 0 aliphatic heterocycles. The molecule has 2 heterocycles. The van der Waals surface area contributed by atoms with Crippen LogP contribution >= 0.6 is 11.3 Å². The highest BCUT2D eigenvalue weighted by Gasteiger charge is 2.53. The first-order chi connectivity index (χ1) is 12.6. The van der Waals surface area contributed by atoms with Gasteiger partial charge in [-0.25, -0.2) is 15.0 Å². The van der Waals surface area contributed by atoms with Gasteiger partial charge in [-0.3, -0.25) is 0 Å². The quantitative estimate of drug-likeness (QED) is 0.673. The monoisotopic (exact) mass is 394 g/mol. The largest absolute Gasteiger partial charge is 0.423 e. The van der Waals surface area contributed by atoms with Crippen LogP contribution in [0.3, 0.4) is 0 Å². The third-order valence-corrected chi connectivity index (χ3v) is 5.07. The first-order valence-electron chi connectivity index (χ1n) is 8.04. The first kappa shape index (κ1) is 19.2. The number of aromatic nitrogens is 3. The maximum absolute atomic E-state index is 13.0. The molecule has 0 aliphatic rings. The molecule has 2 N–H and O–H groups in total. The van der Waals surface area contributed by atoms with Crippen molar-refractivity contribution in [3.8, 4) is 0 Å². The maximum Gasteiger partial charge on any atom is 0.423 e. The zero-order valence-corrected chi connectivity index (χ0v) is 15.4. The van der Waals surface area contributed by atoms with Crippen LogP contribution in [0.2, 0.25) is 0 Å². The average Bonchev–Trinajstić information content (AvgIpc) is 3.03. The summed E-state index contributed by atoms with van der Waals surface area (Å²) >= 11 is 0.851. The van der Waals surface area contributed by atoms with Crippen LogP contribution in [0.15, 0.2) is 42.9 Å². The van der Waals surface area contributed by atoms with Gasteiger partial charge in [0, 0.05) is 35.6 Å². The lowest BCUT2D eigenvalue weighted by molar-refractivity contribution is -0.258. The minimum atomic E-state index is -4.78. The van der Waals surface area contributed by atoms with Crippen molar-refractivity contribution in [2.24, 2.45) is 0 Å². The minimum absolute atomic E-state index is 0.367. The summed E-state index contributed by atoms with van der Waals surface area (Å²) in [4.78, 5) is 12.6. The van der Waals surface area contributed by atoms with E-state index >= 15 is 0 Å². The zero-order valence-electron chi connectivity index (χ0n) is 14.6. The van der Waals surface area contributed by atoms with E-state index in [9.17, 15) is 18.3 Å². The van der Waals surface area contributed by atoms with Gasteiger partial charge in [0.25, 0.3) is 0 Å². The maximum atomic E-state index is 13.0. The summed E-state index contributed by atoms with van der Waals surface area (Å²) in [5.41, 5.74) is -0.295. The van der Waals surface area contributed by atoms with Crippen LogP contribution in [-0.4, -0.2) is 26.2 Å². The molecule has 0 fully saturated rings. The summed E-state index contributed by atoms with van der Waals surface area (Å²) < 4.78 is 38.9. The average molecular weight is 394 g/mol. The van der Waals surface area contributed by atoms with Gasteiger partial charge in [-0.15, -0.1) is 11.3 Å². The Morgan fingerprint density at radius 1 is 1.11 bits per heavy atom. The molecule has 0 bridgehead atoms. The first-order valence-corrected chi connectivity index (χ1v) is 8.86. The minimum Gasteiger partial charge on any atom is -0.375 e. The fraction of sp³-hybridized carbons (Fsp3) is 0.278. The Labute approximate surface area is 158 Å². The molecule has 0 spiro atoms. The summed E-state index contributed by atoms with van der Waals surface area (Å²) in [6.45, 7) is 2.64. The number of anilines is 2. The molecule has 0 amide bonds. The van der Waals surface area contributed by atoms with E-state index in [1.54, 1.807) is 18.5 Å². The second kappa shape index (κ2) is 7.24. The Bertz CT molecular complexity index is 926. The molecule has 1 aromatic carbocycles. The third-order valence-electron chi connectivity index (χ3n) is 3.86. The molecular weight excluding hydrogens is 377 g/mol. The number of rotatable bonds is 5. The Hall–Kier alpha value is -2.52. The second-order valence-electron chi connectivity index (χ2n) is 6.28. The van der Waals surface area contributed by atoms with Crippen LogP contribution in [0, 0.1) is 6.92 Å². The van der Waals surface area contributed by atoms with Crippen molar-refractivity contribution in [3.63, 3.8) is 0 Å². The summed E-state index contributed by atoms with van der Waals surface area (Å²) in [6.07, 6.45) is 0.237. The van der Waals surface area contributed by atoms with E-state index in [4.69, 9.17) is 0 Å². The van der Waals surface area contributed by atoms with Crippen molar-refractivity contribution in [1.82, 2.24) is 15.0 Å². The summed E-state index contributed by atoms with van der Waals surface area (Å²) in [6, 6.07) is 7.46. The predicted octanol–water partition coefficient (Wildman–Crippen LogP) is 4.35. The molecule has 1 atom stereocenters. The van der Waals surface area contributed by atoms with Gasteiger partial charge in [0.1, 0.15) is 5.01 Å². The third kappa shape index (κ3) is 4.42. The SMILES string of the molecule is Cc1cc(Cc2cnc(C(C)(O)C(F)(F)F)s2)cc(Nc2ncccn2)c1. The normalized spacial score (nSPS) is 14.0. The van der Waals surface area contributed by atoms with Crippen molar-refractivity contribution in [1.29, 1.82) is 0 Å². The van der Waals surface area contributed by atoms with Crippen molar-refractivity contribution in [2.45, 2.75) is 32.0 Å². The number of hydrogen-bond acceptors (Lipinski definition) is 6. The number of aliphatic hydroxyl groups is 1. The van der Waals surface area contributed by atoms with E-state index in [1.807, 2.05) is 25.1 Å². The number of nitrogens with zero attached hydrogens (tertiary/aromatic N) is 3. The molecule has 3 rings (SSSR count). The van der Waals surface area contributed by atoms with Crippen molar-refractivity contribution < 1.29 is 18.3 Å². The number of hydrogen-bond donors (Lipinski definition) is 2. The standard InChI is InChI=1S/C18H17F3N4OS/c1-11-6-12(8-13(7-11)25-16-22-4-3-5-23-16)9-14-10-24-15(27-14)17(2,26)18(19,20)21/h3-8,10,26H,9H2,1-2H3,(H,22,23,25). The molecule has 0 aliphatic carbocycles. The molecule has 0 saturated carbocycles. The number of alkyl halides is 3. The molecule has 27 heavy (non-hydrogen) atoms. The van der Waals surface area contributed by atoms with Gasteiger partial charge in [0.2, 0.25) is 11.5 Å². The lowest BCUT2D eigenvalue weighted by atomic mass is 10.1. The number of halogens is 3. The molecule has 2 aromatic heterocycles. The number of thiazole rings is 1. The van der Waals surface area contributed by atoms with E-state index < -0.39 is 11.8 Å². The summed E-state index contributed by atoms with van der Waals surface area (Å²) in [5.74, 6) is 0.454. The van der Waals surface area contributed by atoms with Crippen LogP contribution in [0.1, 0.15) is 27.9 Å². The Balaban J connectivity index is 1.80. The fourth-order valence-electron chi connectivity index (χ4n) is 2.47. The fourth-order valence-corrected chi connectivity index (χ4v) is 3.48. The molecule has 9 heteroatoms. The lowest BCUT2D eigenvalue weighted by Crippen LogP contribution is -2.39. The second-order valence-corrected chi connectivity index (χ2v) is 7.40. The van der Waals surface area contributed by atoms with E-state index in [0.29, 0.717) is 24.2 Å². The highest BCUT2D eigenvalue weighted by atomic mass is 32.1. The van der Waals surface area contributed by atoms with Crippen LogP contribution in [0.25, 0.3) is 0 Å². The topological polar surface area (TPSA) is 70.9 Å². The van der Waals surface area contributed by atoms with Crippen LogP contribution in [0.5, 0.6) is 0 Å². The van der Waals surface area contributed by atoms with Crippen molar-refractivity contribution >= 4 is 23.0 Å². The van der Waals surface area contributed by atoms with Crippen LogP contribution < -0.4 is 5.32 Å². The number of aryl methyl sites for hydroxylation is 1. The van der Waals surface area contributed by atoms with E-state index in [0.717, 1.165) is 28.2 Å². The van der Waals surface area contributed by atoms with Gasteiger partial charge in [0.15, 0.2) is 0 Å². The van der Waals surface area contributed by atoms with E-state index in [-0.39, 0.29) is 5.01 Å². The highest BCUT2D eigenvalue weighted by Crippen LogP contribution is 2.40. The molecular formula is C18H17F3N4OS. The smallest absolute Gasteiger partial charge is 0.375 e. The lowest BCUT2D eigenvalue weighted by Gasteiger charge is -2.23. The molecule has 5 nitrogen and oxygen atoms in total. The number of benzene rings is 1. The summed E-state index contributed by atoms with van der Waals surface area (Å²) in [7, 11) is 0. The van der Waals surface area contributed by atoms with Gasteiger partial charge < -0.3 is 10.4 Å². The molecule has 0 radical (unpaired) electrons. The Morgan fingerprint density at radius 2 is 1.81 bits per heavy atom. The van der Waals surface area contributed by atoms with Gasteiger partial charge in [-0.1, -0.05) is 6.07 Å². The van der Waals surface area contributed by atoms with Crippen molar-refractivity contribution in [2.75, 3.05) is 5.32 Å². The summed E-state index contributed by atoms with van der Waals surface area (Å²) in [5, 5.41) is 12.5. The number of nitrogens with one attached hydrogen (secondary N) is 1. The Kier molecular flexibility index (Phi) is 5.16. The Morgan fingerprint density at radius 3 is 2.48 bits per heavy atom. The molecule has 1 unspecified atom stereocenters. The van der Waals surface area contributed by atoms with Crippen molar-refractivity contribution in [3.05, 3.63) is 63.9 Å². The van der Waals surface area contributed by atoms with Gasteiger partial charge in [0.05, 0.1) is 0 Å². The van der Waals surface area contributed by atoms with Crippen LogP contribution in [-0.2, 0) is 12.0 Å². The molecule has 142 valence electrons. The van der Waals surface area contributed by atoms with Gasteiger partial charge in [-0.05, 0) is 43.2 Å². The van der Waals surface area contributed by atoms with Gasteiger partial charge >= 0.3 is 6.18 Å². The molecule has 3 aromatic rings. The highest BCUT2D eigenvalue weighted by molar-refractivity contribution is 7.11.